The van der Waals surface area contributed by atoms with E-state index in [1.807, 2.05) is 0 Å². The maximum absolute atomic E-state index is 15.8. The molecule has 0 bridgehead atoms. The van der Waals surface area contributed by atoms with Gasteiger partial charge in [0, 0.05) is 0 Å². The second-order valence-corrected chi connectivity index (χ2v) is 26.5. The molecule has 0 heterocycles. The monoisotopic (exact) mass is 985 g/mol. The van der Waals surface area contributed by atoms with E-state index in [9.17, 15) is 5.11 Å². The van der Waals surface area contributed by atoms with E-state index >= 15 is 25.3 Å². The number of aliphatic hydroxyl groups is 1. The Morgan fingerprint density at radius 3 is 0.746 bits per heavy atom. The SMILES string of the molecule is CCCCCCCCCCCCc1ccccc1S(=O)(=O)C(C(C)O)(S(=O)(=O)c1ccccc1CCCCCCCCCCCC)S(=O)(=O)c1ccccc1CCCCCCCCCCCC. The van der Waals surface area contributed by atoms with Gasteiger partial charge in [-0.2, -0.15) is 0 Å². The largest absolute Gasteiger partial charge is 0.389 e. The van der Waals surface area contributed by atoms with Crippen molar-refractivity contribution in [2.45, 2.75) is 264 Å². The van der Waals surface area contributed by atoms with Crippen LogP contribution in [0.3, 0.4) is 0 Å². The molecule has 7 nitrogen and oxygen atoms in total. The number of aliphatic hydroxyl groups excluding tert-OH is 1. The van der Waals surface area contributed by atoms with Crippen molar-refractivity contribution in [3.8, 4) is 0 Å². The van der Waals surface area contributed by atoms with E-state index in [2.05, 4.69) is 20.8 Å². The van der Waals surface area contributed by atoms with Gasteiger partial charge < -0.3 is 5.11 Å². The van der Waals surface area contributed by atoms with Crippen molar-refractivity contribution in [3.63, 3.8) is 0 Å². The van der Waals surface area contributed by atoms with Gasteiger partial charge in [0.1, 0.15) is 6.10 Å². The molecule has 67 heavy (non-hydrogen) atoms. The summed E-state index contributed by atoms with van der Waals surface area (Å²) in [6, 6.07) is 18.6. The van der Waals surface area contributed by atoms with E-state index in [1.165, 1.54) is 133 Å². The Labute approximate surface area is 410 Å². The van der Waals surface area contributed by atoms with Crippen LogP contribution in [0.15, 0.2) is 87.5 Å². The lowest BCUT2D eigenvalue weighted by molar-refractivity contribution is 0.195. The van der Waals surface area contributed by atoms with Gasteiger partial charge in [0.25, 0.3) is 0 Å². The summed E-state index contributed by atoms with van der Waals surface area (Å²) in [6.07, 6.45) is 31.4. The van der Waals surface area contributed by atoms with Gasteiger partial charge in [0.05, 0.1) is 14.7 Å². The van der Waals surface area contributed by atoms with E-state index in [1.54, 1.807) is 36.4 Å². The second-order valence-electron chi connectivity index (χ2n) is 19.4. The van der Waals surface area contributed by atoms with Gasteiger partial charge in [0.2, 0.25) is 29.5 Å². The van der Waals surface area contributed by atoms with Crippen LogP contribution in [0.25, 0.3) is 0 Å². The summed E-state index contributed by atoms with van der Waals surface area (Å²) in [5.41, 5.74) is 1.07. The van der Waals surface area contributed by atoms with E-state index in [0.717, 1.165) is 84.0 Å². The van der Waals surface area contributed by atoms with Crippen molar-refractivity contribution in [2.75, 3.05) is 0 Å². The lowest BCUT2D eigenvalue weighted by Crippen LogP contribution is -2.60. The molecule has 0 aliphatic heterocycles. The second kappa shape index (κ2) is 32.4. The highest BCUT2D eigenvalue weighted by atomic mass is 32.3. The van der Waals surface area contributed by atoms with Crippen molar-refractivity contribution in [1.82, 2.24) is 0 Å². The number of unbranched alkanes of at least 4 members (excludes halogenated alkanes) is 27. The zero-order valence-electron chi connectivity index (χ0n) is 42.5. The van der Waals surface area contributed by atoms with Crippen LogP contribution >= 0.6 is 0 Å². The molecule has 0 saturated heterocycles. The van der Waals surface area contributed by atoms with Crippen LogP contribution in [0.5, 0.6) is 0 Å². The summed E-state index contributed by atoms with van der Waals surface area (Å²) < 4.78 is 91.3. The first-order valence-electron chi connectivity index (χ1n) is 27.0. The number of aryl methyl sites for hydroxylation is 3. The first-order valence-corrected chi connectivity index (χ1v) is 31.5. The van der Waals surface area contributed by atoms with Crippen LogP contribution in [0.2, 0.25) is 0 Å². The molecule has 10 heteroatoms. The Hall–Kier alpha value is -2.53. The number of hydrogen-bond acceptors (Lipinski definition) is 7. The molecule has 0 aliphatic carbocycles. The zero-order valence-corrected chi connectivity index (χ0v) is 44.9. The standard InChI is InChI=1S/C57H92O7S3/c1-5-8-11-14-17-20-23-26-29-32-41-51-44-35-38-47-54(51)65(59,60)57(50(4)58,66(61,62)55-48-39-36-45-52(55)42-33-30-27-24-21-18-15-12-9-6-2)67(63,64)56-49-40-37-46-53(56)43-34-31-28-25-22-19-16-13-10-7-3/h35-40,44-50,58H,5-34,41-43H2,1-4H3. The Bertz CT molecular complexity index is 1890. The Morgan fingerprint density at radius 2 is 0.537 bits per heavy atom. The van der Waals surface area contributed by atoms with Crippen LogP contribution in [0.4, 0.5) is 0 Å². The van der Waals surface area contributed by atoms with Crippen molar-refractivity contribution < 1.29 is 30.4 Å². The van der Waals surface area contributed by atoms with Crippen molar-refractivity contribution in [3.05, 3.63) is 89.5 Å². The third-order valence-electron chi connectivity index (χ3n) is 13.8. The van der Waals surface area contributed by atoms with Crippen LogP contribution in [0.1, 0.15) is 237 Å². The molecular formula is C57H92O7S3. The maximum Gasteiger partial charge on any atom is 0.310 e. The van der Waals surface area contributed by atoms with Crippen molar-refractivity contribution in [2.24, 2.45) is 0 Å². The normalized spacial score (nSPS) is 13.0. The fourth-order valence-corrected chi connectivity index (χ4v) is 19.6. The van der Waals surface area contributed by atoms with Gasteiger partial charge in [-0.05, 0) is 80.3 Å². The van der Waals surface area contributed by atoms with Gasteiger partial charge in [-0.1, -0.05) is 249 Å². The highest BCUT2D eigenvalue weighted by Gasteiger charge is 2.70. The third-order valence-corrected chi connectivity index (χ3v) is 24.0. The first-order chi connectivity index (χ1) is 32.4. The molecule has 0 spiro atoms. The van der Waals surface area contributed by atoms with E-state index in [0.29, 0.717) is 55.2 Å². The number of rotatable bonds is 40. The Balaban J connectivity index is 2.04. The predicted octanol–water partition coefficient (Wildman–Crippen LogP) is 15.8. The van der Waals surface area contributed by atoms with E-state index in [4.69, 9.17) is 0 Å². The molecular weight excluding hydrogens is 893 g/mol. The number of sulfone groups is 3. The van der Waals surface area contributed by atoms with Gasteiger partial charge in [-0.3, -0.25) is 0 Å². The molecule has 0 aromatic heterocycles. The third kappa shape index (κ3) is 17.4. The minimum atomic E-state index is -5.41. The number of hydrogen-bond donors (Lipinski definition) is 1. The lowest BCUT2D eigenvalue weighted by Gasteiger charge is -2.36. The van der Waals surface area contributed by atoms with Crippen molar-refractivity contribution in [1.29, 1.82) is 0 Å². The fourth-order valence-electron chi connectivity index (χ4n) is 9.89. The topological polar surface area (TPSA) is 123 Å². The summed E-state index contributed by atoms with van der Waals surface area (Å²) in [6.45, 7) is 7.66. The summed E-state index contributed by atoms with van der Waals surface area (Å²) in [5, 5.41) is 12.1. The van der Waals surface area contributed by atoms with Gasteiger partial charge in [-0.25, -0.2) is 25.3 Å². The average Bonchev–Trinajstić information content (AvgIpc) is 3.31. The quantitative estimate of drug-likeness (QED) is 0.0563. The van der Waals surface area contributed by atoms with Gasteiger partial charge >= 0.3 is 3.41 Å². The summed E-state index contributed by atoms with van der Waals surface area (Å²) in [4.78, 5) is -1.09. The molecule has 3 aromatic carbocycles. The number of benzene rings is 3. The molecule has 1 atom stereocenters. The molecule has 1 unspecified atom stereocenters. The summed E-state index contributed by atoms with van der Waals surface area (Å²) >= 11 is 0. The van der Waals surface area contributed by atoms with Gasteiger partial charge in [-0.15, -0.1) is 0 Å². The van der Waals surface area contributed by atoms with Crippen LogP contribution in [-0.4, -0.2) is 39.9 Å². The maximum atomic E-state index is 15.8. The Kier molecular flexibility index (Phi) is 28.4. The molecule has 380 valence electrons. The molecule has 0 saturated carbocycles. The minimum Gasteiger partial charge on any atom is -0.389 e. The molecule has 0 amide bonds. The first kappa shape index (κ1) is 58.8. The predicted molar refractivity (Wildman–Crippen MR) is 282 cm³/mol. The highest BCUT2D eigenvalue weighted by Crippen LogP contribution is 2.48. The Morgan fingerprint density at radius 1 is 0.343 bits per heavy atom. The molecule has 1 N–H and O–H groups in total. The molecule has 0 fully saturated rings. The smallest absolute Gasteiger partial charge is 0.310 e. The zero-order chi connectivity index (χ0) is 48.9. The fraction of sp³-hybridized carbons (Fsp3) is 0.684. The molecule has 3 rings (SSSR count). The minimum absolute atomic E-state index is 0.326. The summed E-state index contributed by atoms with van der Waals surface area (Å²) in [5.74, 6) is 0. The van der Waals surface area contributed by atoms with E-state index in [-0.39, 0.29) is 14.7 Å². The highest BCUT2D eigenvalue weighted by molar-refractivity contribution is 8.26. The van der Waals surface area contributed by atoms with E-state index < -0.39 is 39.0 Å². The molecule has 0 radical (unpaired) electrons. The molecule has 0 aliphatic rings. The van der Waals surface area contributed by atoms with Crippen LogP contribution < -0.4 is 0 Å². The van der Waals surface area contributed by atoms with Crippen LogP contribution in [0, 0.1) is 0 Å². The molecule has 3 aromatic rings. The van der Waals surface area contributed by atoms with Crippen LogP contribution in [-0.2, 0) is 48.8 Å². The average molecular weight is 986 g/mol. The van der Waals surface area contributed by atoms with Gasteiger partial charge in [0.15, 0.2) is 0 Å². The lowest BCUT2D eigenvalue weighted by atomic mass is 10.0. The summed E-state index contributed by atoms with van der Waals surface area (Å²) in [7, 11) is -16.2. The van der Waals surface area contributed by atoms with Crippen molar-refractivity contribution >= 4 is 29.5 Å².